The van der Waals surface area contributed by atoms with Crippen LogP contribution in [0.2, 0.25) is 0 Å². The van der Waals surface area contributed by atoms with Gasteiger partial charge in [0.15, 0.2) is 0 Å². The molecule has 0 unspecified atom stereocenters. The third kappa shape index (κ3) is 2.16. The second-order valence-electron chi connectivity index (χ2n) is 4.21. The Balaban J connectivity index is 2.15. The lowest BCUT2D eigenvalue weighted by molar-refractivity contribution is 0.0935. The molecule has 1 aromatic carbocycles. The highest BCUT2D eigenvalue weighted by molar-refractivity contribution is 5.95. The molecule has 3 heteroatoms. The first-order valence-corrected chi connectivity index (χ1v) is 4.96. The van der Waals surface area contributed by atoms with Crippen molar-refractivity contribution in [3.63, 3.8) is 0 Å². The van der Waals surface area contributed by atoms with E-state index < -0.39 is 0 Å². The van der Waals surface area contributed by atoms with E-state index in [4.69, 9.17) is 5.26 Å². The van der Waals surface area contributed by atoms with Crippen molar-refractivity contribution >= 4 is 5.91 Å². The fourth-order valence-corrected chi connectivity index (χ4v) is 1.39. The van der Waals surface area contributed by atoms with E-state index in [0.29, 0.717) is 11.1 Å². The van der Waals surface area contributed by atoms with Crippen molar-refractivity contribution in [3.05, 3.63) is 35.4 Å². The molecule has 1 aromatic rings. The monoisotopic (exact) mass is 200 g/mol. The molecule has 76 valence electrons. The lowest BCUT2D eigenvalue weighted by Gasteiger charge is -2.11. The number of hydrogen-bond acceptors (Lipinski definition) is 2. The standard InChI is InChI=1S/C12H12N2O/c1-12(5-6-12)14-11(15)10-4-2-3-9(7-10)8-13/h2-4,7H,5-6H2,1H3,(H,14,15). The SMILES string of the molecule is CC1(NC(=O)c2cccc(C#N)c2)CC1. The van der Waals surface area contributed by atoms with Crippen molar-refractivity contribution in [2.75, 3.05) is 0 Å². The third-order valence-electron chi connectivity index (χ3n) is 2.67. The number of carbonyl (C=O) groups excluding carboxylic acids is 1. The summed E-state index contributed by atoms with van der Waals surface area (Å²) in [4.78, 5) is 11.7. The Bertz CT molecular complexity index is 441. The van der Waals surface area contributed by atoms with Crippen LogP contribution in [-0.4, -0.2) is 11.4 Å². The molecule has 1 N–H and O–H groups in total. The minimum absolute atomic E-state index is 0.0142. The van der Waals surface area contributed by atoms with Crippen molar-refractivity contribution in [1.29, 1.82) is 5.26 Å². The van der Waals surface area contributed by atoms with Gasteiger partial charge in [-0.15, -0.1) is 0 Å². The molecule has 1 fully saturated rings. The van der Waals surface area contributed by atoms with Crippen LogP contribution in [0.25, 0.3) is 0 Å². The van der Waals surface area contributed by atoms with Gasteiger partial charge in [0.1, 0.15) is 0 Å². The van der Waals surface area contributed by atoms with E-state index in [0.717, 1.165) is 12.8 Å². The van der Waals surface area contributed by atoms with Crippen molar-refractivity contribution in [2.45, 2.75) is 25.3 Å². The second kappa shape index (κ2) is 3.39. The van der Waals surface area contributed by atoms with Gasteiger partial charge in [0.25, 0.3) is 5.91 Å². The summed E-state index contributed by atoms with van der Waals surface area (Å²) in [5, 5.41) is 11.7. The number of amides is 1. The maximum absolute atomic E-state index is 11.7. The van der Waals surface area contributed by atoms with E-state index in [-0.39, 0.29) is 11.4 Å². The maximum Gasteiger partial charge on any atom is 0.251 e. The number of benzene rings is 1. The molecule has 0 saturated heterocycles. The van der Waals surface area contributed by atoms with E-state index in [9.17, 15) is 4.79 Å². The Morgan fingerprint density at radius 2 is 2.27 bits per heavy atom. The zero-order valence-electron chi connectivity index (χ0n) is 8.58. The molecular weight excluding hydrogens is 188 g/mol. The molecule has 1 amide bonds. The van der Waals surface area contributed by atoms with Gasteiger partial charge in [-0.3, -0.25) is 4.79 Å². The molecule has 1 saturated carbocycles. The zero-order chi connectivity index (χ0) is 10.9. The van der Waals surface area contributed by atoms with Crippen LogP contribution in [-0.2, 0) is 0 Å². The van der Waals surface area contributed by atoms with Crippen LogP contribution >= 0.6 is 0 Å². The summed E-state index contributed by atoms with van der Waals surface area (Å²) < 4.78 is 0. The average molecular weight is 200 g/mol. The van der Waals surface area contributed by atoms with Crippen LogP contribution in [0, 0.1) is 11.3 Å². The first kappa shape index (κ1) is 9.72. The van der Waals surface area contributed by atoms with E-state index in [1.807, 2.05) is 13.0 Å². The molecule has 1 aliphatic rings. The van der Waals surface area contributed by atoms with Crippen molar-refractivity contribution < 1.29 is 4.79 Å². The third-order valence-corrected chi connectivity index (χ3v) is 2.67. The number of hydrogen-bond donors (Lipinski definition) is 1. The van der Waals surface area contributed by atoms with E-state index in [1.165, 1.54) is 0 Å². The predicted octanol–water partition coefficient (Wildman–Crippen LogP) is 1.84. The molecule has 0 radical (unpaired) electrons. The molecule has 2 rings (SSSR count). The van der Waals surface area contributed by atoms with Gasteiger partial charge in [0.05, 0.1) is 11.6 Å². The van der Waals surface area contributed by atoms with Crippen LogP contribution in [0.3, 0.4) is 0 Å². The predicted molar refractivity (Wildman–Crippen MR) is 56.3 cm³/mol. The summed E-state index contributed by atoms with van der Waals surface area (Å²) in [7, 11) is 0. The van der Waals surface area contributed by atoms with Gasteiger partial charge in [-0.1, -0.05) is 6.07 Å². The van der Waals surface area contributed by atoms with E-state index in [1.54, 1.807) is 24.3 Å². The maximum atomic E-state index is 11.7. The largest absolute Gasteiger partial charge is 0.347 e. The Hall–Kier alpha value is -1.82. The van der Waals surface area contributed by atoms with Crippen LogP contribution in [0.5, 0.6) is 0 Å². The lowest BCUT2D eigenvalue weighted by Crippen LogP contribution is -2.34. The van der Waals surface area contributed by atoms with Gasteiger partial charge in [-0.2, -0.15) is 5.26 Å². The number of carbonyl (C=O) groups is 1. The van der Waals surface area contributed by atoms with Crippen LogP contribution in [0.15, 0.2) is 24.3 Å². The Morgan fingerprint density at radius 3 is 2.87 bits per heavy atom. The smallest absolute Gasteiger partial charge is 0.251 e. The first-order valence-electron chi connectivity index (χ1n) is 4.96. The first-order chi connectivity index (χ1) is 7.13. The van der Waals surface area contributed by atoms with Gasteiger partial charge in [0.2, 0.25) is 0 Å². The molecule has 0 aliphatic heterocycles. The summed E-state index contributed by atoms with van der Waals surface area (Å²) >= 11 is 0. The summed E-state index contributed by atoms with van der Waals surface area (Å²) in [6.07, 6.45) is 2.08. The number of rotatable bonds is 2. The summed E-state index contributed by atoms with van der Waals surface area (Å²) in [5.41, 5.74) is 1.06. The molecule has 0 heterocycles. The lowest BCUT2D eigenvalue weighted by atomic mass is 10.1. The average Bonchev–Trinajstić information content (AvgIpc) is 2.96. The second-order valence-corrected chi connectivity index (χ2v) is 4.21. The van der Waals surface area contributed by atoms with Gasteiger partial charge in [-0.25, -0.2) is 0 Å². The fourth-order valence-electron chi connectivity index (χ4n) is 1.39. The van der Waals surface area contributed by atoms with Gasteiger partial charge in [0, 0.05) is 11.1 Å². The Labute approximate surface area is 88.7 Å². The molecule has 1 aliphatic carbocycles. The van der Waals surface area contributed by atoms with Gasteiger partial charge < -0.3 is 5.32 Å². The van der Waals surface area contributed by atoms with Crippen molar-refractivity contribution in [1.82, 2.24) is 5.32 Å². The van der Waals surface area contributed by atoms with Crippen LogP contribution in [0.4, 0.5) is 0 Å². The highest BCUT2D eigenvalue weighted by Gasteiger charge is 2.38. The normalized spacial score (nSPS) is 16.5. The topological polar surface area (TPSA) is 52.9 Å². The summed E-state index contributed by atoms with van der Waals surface area (Å²) in [6, 6.07) is 8.77. The number of nitrogens with zero attached hydrogens (tertiary/aromatic N) is 1. The van der Waals surface area contributed by atoms with Gasteiger partial charge in [-0.05, 0) is 38.0 Å². The van der Waals surface area contributed by atoms with Crippen molar-refractivity contribution in [2.24, 2.45) is 0 Å². The zero-order valence-corrected chi connectivity index (χ0v) is 8.58. The van der Waals surface area contributed by atoms with Crippen LogP contribution in [0.1, 0.15) is 35.7 Å². The summed E-state index contributed by atoms with van der Waals surface area (Å²) in [6.45, 7) is 2.03. The highest BCUT2D eigenvalue weighted by atomic mass is 16.1. The molecular formula is C12H12N2O. The molecule has 0 atom stereocenters. The minimum Gasteiger partial charge on any atom is -0.347 e. The van der Waals surface area contributed by atoms with Gasteiger partial charge >= 0.3 is 0 Å². The highest BCUT2D eigenvalue weighted by Crippen LogP contribution is 2.34. The van der Waals surface area contributed by atoms with Crippen molar-refractivity contribution in [3.8, 4) is 6.07 Å². The fraction of sp³-hybridized carbons (Fsp3) is 0.333. The van der Waals surface area contributed by atoms with E-state index >= 15 is 0 Å². The molecule has 0 bridgehead atoms. The Morgan fingerprint density at radius 1 is 1.53 bits per heavy atom. The number of nitrogens with one attached hydrogen (secondary N) is 1. The molecule has 0 spiro atoms. The molecule has 0 aromatic heterocycles. The van der Waals surface area contributed by atoms with E-state index in [2.05, 4.69) is 5.32 Å². The number of nitriles is 1. The molecule has 3 nitrogen and oxygen atoms in total. The minimum atomic E-state index is -0.0906. The molecule has 15 heavy (non-hydrogen) atoms. The van der Waals surface area contributed by atoms with Crippen LogP contribution < -0.4 is 5.32 Å². The summed E-state index contributed by atoms with van der Waals surface area (Å²) in [5.74, 6) is -0.0906. The quantitative estimate of drug-likeness (QED) is 0.792. The Kier molecular flexibility index (Phi) is 2.20.